The van der Waals surface area contributed by atoms with Crippen molar-refractivity contribution in [3.63, 3.8) is 0 Å². The number of ether oxygens (including phenoxy) is 1. The predicted octanol–water partition coefficient (Wildman–Crippen LogP) is 1.39. The van der Waals surface area contributed by atoms with Gasteiger partial charge in [0.05, 0.1) is 11.6 Å². The topological polar surface area (TPSA) is 112 Å². The number of aliphatic hydroxyl groups excluding tert-OH is 1. The molecule has 0 aliphatic carbocycles. The third-order valence-corrected chi connectivity index (χ3v) is 8.01. The van der Waals surface area contributed by atoms with Gasteiger partial charge < -0.3 is 25.0 Å². The predicted molar refractivity (Wildman–Crippen MR) is 134 cm³/mol. The number of nitrogens with one attached hydrogen (secondary N) is 1. The molecule has 11 heteroatoms. The lowest BCUT2D eigenvalue weighted by Crippen LogP contribution is -2.65. The second-order valence-electron chi connectivity index (χ2n) is 9.85. The van der Waals surface area contributed by atoms with Crippen molar-refractivity contribution in [2.24, 2.45) is 0 Å². The Labute approximate surface area is 216 Å². The molecule has 6 rings (SSSR count). The molecule has 2 unspecified atom stereocenters. The monoisotopic (exact) mass is 554 g/mol. The van der Waals surface area contributed by atoms with Gasteiger partial charge in [-0.2, -0.15) is 0 Å². The van der Waals surface area contributed by atoms with E-state index in [1.807, 2.05) is 12.1 Å². The second kappa shape index (κ2) is 8.82. The van der Waals surface area contributed by atoms with Crippen molar-refractivity contribution in [3.8, 4) is 5.88 Å². The summed E-state index contributed by atoms with van der Waals surface area (Å²) in [7, 11) is 1.74. The Morgan fingerprint density at radius 1 is 1.22 bits per heavy atom. The number of benzene rings is 1. The lowest BCUT2D eigenvalue weighted by molar-refractivity contribution is -0.132. The van der Waals surface area contributed by atoms with E-state index < -0.39 is 17.7 Å². The number of halogens is 1. The lowest BCUT2D eigenvalue weighted by Gasteiger charge is -2.48. The summed E-state index contributed by atoms with van der Waals surface area (Å²) in [5.74, 6) is -0.171. The maximum atomic E-state index is 13.4. The van der Waals surface area contributed by atoms with Gasteiger partial charge in [0.25, 0.3) is 17.7 Å². The first-order chi connectivity index (χ1) is 17.3. The number of likely N-dealkylation sites (tertiary alicyclic amines) is 2. The smallest absolute Gasteiger partial charge is 0.274 e. The first-order valence-electron chi connectivity index (χ1n) is 12.1. The molecule has 3 atom stereocenters. The van der Waals surface area contributed by atoms with E-state index in [-0.39, 0.29) is 29.9 Å². The van der Waals surface area contributed by atoms with E-state index >= 15 is 0 Å². The largest absolute Gasteiger partial charge is 0.461 e. The van der Waals surface area contributed by atoms with Crippen LogP contribution in [-0.4, -0.2) is 85.5 Å². The Morgan fingerprint density at radius 3 is 2.78 bits per heavy atom. The van der Waals surface area contributed by atoms with Crippen LogP contribution < -0.4 is 10.1 Å². The van der Waals surface area contributed by atoms with Crippen molar-refractivity contribution in [3.05, 3.63) is 58.1 Å². The van der Waals surface area contributed by atoms with Crippen molar-refractivity contribution < 1.29 is 19.4 Å². The summed E-state index contributed by atoms with van der Waals surface area (Å²) in [6.07, 6.45) is 3.92. The molecule has 0 saturated carbocycles. The number of carbonyl (C=O) groups excluding carboxylic acids is 2. The Hall–Kier alpha value is -3.02. The molecule has 5 heterocycles. The number of rotatable bonds is 3. The first-order valence-corrected chi connectivity index (χ1v) is 12.9. The number of piperidine rings is 1. The van der Waals surface area contributed by atoms with Gasteiger partial charge in [-0.15, -0.1) is 0 Å². The molecule has 1 aromatic carbocycles. The van der Waals surface area contributed by atoms with E-state index in [2.05, 4.69) is 43.3 Å². The Kier molecular flexibility index (Phi) is 5.73. The Morgan fingerprint density at radius 2 is 2.03 bits per heavy atom. The molecule has 10 nitrogen and oxygen atoms in total. The van der Waals surface area contributed by atoms with Crippen LogP contribution in [0.4, 0.5) is 0 Å². The summed E-state index contributed by atoms with van der Waals surface area (Å²) in [6, 6.07) is 8.27. The van der Waals surface area contributed by atoms with Gasteiger partial charge in [0.1, 0.15) is 10.3 Å². The molecule has 2 fully saturated rings. The normalized spacial score (nSPS) is 26.0. The van der Waals surface area contributed by atoms with Crippen LogP contribution in [0.1, 0.15) is 34.5 Å². The molecule has 2 amide bonds. The SMILES string of the molecule is CN1CC[C@@H](Oc2nc(Br)cn3cc(C(=O)N4CCC5(Cc6ccccc6CN5)C(O)C4)nc23)C1=O. The molecular weight excluding hydrogens is 528 g/mol. The van der Waals surface area contributed by atoms with E-state index in [0.717, 1.165) is 6.42 Å². The van der Waals surface area contributed by atoms with Crippen LogP contribution >= 0.6 is 15.9 Å². The summed E-state index contributed by atoms with van der Waals surface area (Å²) >= 11 is 3.37. The molecule has 3 aliphatic heterocycles. The highest BCUT2D eigenvalue weighted by molar-refractivity contribution is 9.10. The van der Waals surface area contributed by atoms with Crippen LogP contribution in [0.2, 0.25) is 0 Å². The fourth-order valence-corrected chi connectivity index (χ4v) is 5.85. The lowest BCUT2D eigenvalue weighted by atomic mass is 9.76. The minimum absolute atomic E-state index is 0.104. The van der Waals surface area contributed by atoms with Crippen molar-refractivity contribution in [2.75, 3.05) is 26.7 Å². The minimum Gasteiger partial charge on any atom is -0.461 e. The van der Waals surface area contributed by atoms with Gasteiger partial charge in [-0.3, -0.25) is 14.0 Å². The molecule has 36 heavy (non-hydrogen) atoms. The van der Waals surface area contributed by atoms with E-state index in [0.29, 0.717) is 42.7 Å². The van der Waals surface area contributed by atoms with Crippen LogP contribution in [0, 0.1) is 0 Å². The van der Waals surface area contributed by atoms with Gasteiger partial charge in [0.2, 0.25) is 5.65 Å². The molecule has 2 aromatic heterocycles. The number of amides is 2. The summed E-state index contributed by atoms with van der Waals surface area (Å²) in [5.41, 5.74) is 2.65. The zero-order valence-electron chi connectivity index (χ0n) is 19.9. The van der Waals surface area contributed by atoms with Crippen molar-refractivity contribution in [1.29, 1.82) is 0 Å². The highest BCUT2D eigenvalue weighted by Gasteiger charge is 2.45. The highest BCUT2D eigenvalue weighted by Crippen LogP contribution is 2.33. The fourth-order valence-electron chi connectivity index (χ4n) is 5.47. The zero-order chi connectivity index (χ0) is 25.0. The quantitative estimate of drug-likeness (QED) is 0.503. The minimum atomic E-state index is -0.708. The molecule has 0 bridgehead atoms. The molecule has 2 saturated heterocycles. The number of hydrogen-bond acceptors (Lipinski definition) is 7. The zero-order valence-corrected chi connectivity index (χ0v) is 21.4. The van der Waals surface area contributed by atoms with E-state index in [1.165, 1.54) is 11.1 Å². The average Bonchev–Trinajstić information content (AvgIpc) is 3.44. The van der Waals surface area contributed by atoms with Gasteiger partial charge in [0.15, 0.2) is 6.10 Å². The van der Waals surface area contributed by atoms with Crippen LogP contribution in [-0.2, 0) is 17.8 Å². The number of nitrogens with zero attached hydrogens (tertiary/aromatic N) is 5. The second-order valence-corrected chi connectivity index (χ2v) is 10.7. The van der Waals surface area contributed by atoms with Crippen LogP contribution in [0.25, 0.3) is 5.65 Å². The Balaban J connectivity index is 1.21. The average molecular weight is 555 g/mol. The summed E-state index contributed by atoms with van der Waals surface area (Å²) < 4.78 is 8.09. The number of aromatic nitrogens is 3. The van der Waals surface area contributed by atoms with E-state index in [9.17, 15) is 14.7 Å². The van der Waals surface area contributed by atoms with E-state index in [4.69, 9.17) is 4.74 Å². The van der Waals surface area contributed by atoms with E-state index in [1.54, 1.807) is 33.6 Å². The molecule has 0 radical (unpaired) electrons. The molecule has 188 valence electrons. The number of aliphatic hydroxyl groups is 1. The summed E-state index contributed by atoms with van der Waals surface area (Å²) in [4.78, 5) is 37.9. The van der Waals surface area contributed by atoms with Gasteiger partial charge in [-0.25, -0.2) is 9.97 Å². The molecule has 2 N–H and O–H groups in total. The van der Waals surface area contributed by atoms with Crippen LogP contribution in [0.3, 0.4) is 0 Å². The molecule has 3 aromatic rings. The molecule has 3 aliphatic rings. The number of carbonyl (C=O) groups is 2. The third-order valence-electron chi connectivity index (χ3n) is 7.63. The van der Waals surface area contributed by atoms with Crippen molar-refractivity contribution in [1.82, 2.24) is 29.5 Å². The number of β-amino-alcohol motifs (C(OH)–C–C–N with tert-alkyl or cyclic N) is 1. The maximum absolute atomic E-state index is 13.4. The fraction of sp³-hybridized carbons (Fsp3) is 0.440. The maximum Gasteiger partial charge on any atom is 0.274 e. The first kappa shape index (κ1) is 23.4. The van der Waals surface area contributed by atoms with Crippen molar-refractivity contribution >= 4 is 33.4 Å². The Bertz CT molecular complexity index is 1360. The number of imidazole rings is 1. The third kappa shape index (κ3) is 3.95. The van der Waals surface area contributed by atoms with Gasteiger partial charge in [-0.1, -0.05) is 24.3 Å². The number of fused-ring (bicyclic) bond motifs is 2. The van der Waals surface area contributed by atoms with Crippen LogP contribution in [0.15, 0.2) is 41.3 Å². The summed E-state index contributed by atoms with van der Waals surface area (Å²) in [5, 5.41) is 14.7. The molecular formula is C25H27BrN6O4. The standard InChI is InChI=1S/C25H27BrN6O4/c1-30-8-6-18(24(30)35)36-22-21-28-17(12-32(21)14-20(26)29-22)23(34)31-9-7-25(19(33)13-31)10-15-4-2-3-5-16(15)11-27-25/h2-5,12,14,18-19,27,33H,6-11,13H2,1H3/t18-,19?,25?/m1/s1. The summed E-state index contributed by atoms with van der Waals surface area (Å²) in [6.45, 7) is 2.05. The van der Waals surface area contributed by atoms with Gasteiger partial charge >= 0.3 is 0 Å². The highest BCUT2D eigenvalue weighted by atomic mass is 79.9. The number of hydrogen-bond donors (Lipinski definition) is 2. The van der Waals surface area contributed by atoms with Crippen LogP contribution in [0.5, 0.6) is 5.88 Å². The number of likely N-dealkylation sites (N-methyl/N-ethyl adjacent to an activating group) is 1. The van der Waals surface area contributed by atoms with Crippen molar-refractivity contribution in [2.45, 2.75) is 43.6 Å². The molecule has 1 spiro atoms. The van der Waals surface area contributed by atoms with Gasteiger partial charge in [0, 0.05) is 52.0 Å². The van der Waals surface area contributed by atoms with Gasteiger partial charge in [-0.05, 0) is 39.9 Å².